The Balaban J connectivity index is 0.988. The molecule has 0 spiro atoms. The minimum Gasteiger partial charge on any atom is -0.455 e. The van der Waals surface area contributed by atoms with Crippen LogP contribution in [-0.4, -0.2) is 0 Å². The van der Waals surface area contributed by atoms with Crippen LogP contribution in [0.25, 0.3) is 95.3 Å². The van der Waals surface area contributed by atoms with E-state index in [-0.39, 0.29) is 0 Å². The standard InChI is InChI=1S/C52H31NOS2/c1-2-10-39-33(9-1)23-30-44-50-38(13-8-16-46(50)54-51(39)44)34-21-27-37(28-22-34)53(45-15-7-14-43-41-12-4-6-18-48(41)56-52(43)45)36-25-19-32(20-26-36)35-24-29-42-40-11-3-5-17-47(40)55-49(42)31-35/h1-31H. The molecular formula is C52H31NOS2. The third-order valence-corrected chi connectivity index (χ3v) is 13.6. The topological polar surface area (TPSA) is 16.4 Å². The Labute approximate surface area is 330 Å². The van der Waals surface area contributed by atoms with Crippen molar-refractivity contribution in [1.82, 2.24) is 0 Å². The van der Waals surface area contributed by atoms with Gasteiger partial charge >= 0.3 is 0 Å². The molecule has 0 saturated carbocycles. The van der Waals surface area contributed by atoms with Gasteiger partial charge in [0.15, 0.2) is 0 Å². The monoisotopic (exact) mass is 749 g/mol. The van der Waals surface area contributed by atoms with Crippen molar-refractivity contribution in [3.8, 4) is 22.3 Å². The third kappa shape index (κ3) is 4.86. The maximum absolute atomic E-state index is 6.54. The largest absolute Gasteiger partial charge is 0.455 e. The number of rotatable bonds is 5. The Bertz CT molecular complexity index is 3480. The second-order valence-electron chi connectivity index (χ2n) is 14.4. The van der Waals surface area contributed by atoms with Crippen molar-refractivity contribution in [2.75, 3.05) is 4.90 Å². The van der Waals surface area contributed by atoms with Crippen molar-refractivity contribution in [3.63, 3.8) is 0 Å². The molecule has 3 heterocycles. The maximum atomic E-state index is 6.54. The van der Waals surface area contributed by atoms with Crippen molar-refractivity contribution in [1.29, 1.82) is 0 Å². The van der Waals surface area contributed by atoms with Crippen LogP contribution in [0.15, 0.2) is 192 Å². The van der Waals surface area contributed by atoms with Crippen LogP contribution in [0.4, 0.5) is 17.1 Å². The average Bonchev–Trinajstić information content (AvgIpc) is 3.96. The van der Waals surface area contributed by atoms with Crippen LogP contribution in [0, 0.1) is 0 Å². The molecule has 56 heavy (non-hydrogen) atoms. The number of nitrogens with zero attached hydrogens (tertiary/aromatic N) is 1. The molecule has 9 aromatic carbocycles. The molecule has 0 N–H and O–H groups in total. The zero-order chi connectivity index (χ0) is 36.7. The minimum absolute atomic E-state index is 0.905. The average molecular weight is 750 g/mol. The van der Waals surface area contributed by atoms with Crippen LogP contribution in [0.5, 0.6) is 0 Å². The zero-order valence-electron chi connectivity index (χ0n) is 30.1. The van der Waals surface area contributed by atoms with Gasteiger partial charge in [0.1, 0.15) is 11.2 Å². The number of hydrogen-bond donors (Lipinski definition) is 0. The fourth-order valence-corrected chi connectivity index (χ4v) is 11.0. The molecular weight excluding hydrogens is 719 g/mol. The number of anilines is 3. The van der Waals surface area contributed by atoms with Crippen molar-refractivity contribution in [2.45, 2.75) is 0 Å². The highest BCUT2D eigenvalue weighted by molar-refractivity contribution is 7.26. The molecule has 262 valence electrons. The van der Waals surface area contributed by atoms with Crippen LogP contribution >= 0.6 is 22.7 Å². The molecule has 0 bridgehead atoms. The smallest absolute Gasteiger partial charge is 0.143 e. The summed E-state index contributed by atoms with van der Waals surface area (Å²) >= 11 is 3.73. The van der Waals surface area contributed by atoms with E-state index in [4.69, 9.17) is 4.42 Å². The SMILES string of the molecule is c1ccc2c(c1)ccc1c2oc2cccc(-c3ccc(N(c4ccc(-c5ccc6c(c5)sc5ccccc56)cc4)c4cccc5c4sc4ccccc45)cc3)c21. The summed E-state index contributed by atoms with van der Waals surface area (Å²) in [5, 5.41) is 9.84. The molecule has 0 radical (unpaired) electrons. The number of benzene rings is 9. The van der Waals surface area contributed by atoms with Crippen LogP contribution in [0.1, 0.15) is 0 Å². The van der Waals surface area contributed by atoms with Gasteiger partial charge in [-0.2, -0.15) is 0 Å². The van der Waals surface area contributed by atoms with Crippen LogP contribution in [0.2, 0.25) is 0 Å². The van der Waals surface area contributed by atoms with Gasteiger partial charge in [-0.25, -0.2) is 0 Å². The summed E-state index contributed by atoms with van der Waals surface area (Å²) in [6, 6.07) is 68.4. The Hall–Kier alpha value is -6.72. The van der Waals surface area contributed by atoms with E-state index < -0.39 is 0 Å². The highest BCUT2D eigenvalue weighted by Gasteiger charge is 2.20. The highest BCUT2D eigenvalue weighted by atomic mass is 32.1. The lowest BCUT2D eigenvalue weighted by Crippen LogP contribution is -2.10. The lowest BCUT2D eigenvalue weighted by Gasteiger charge is -2.26. The summed E-state index contributed by atoms with van der Waals surface area (Å²) in [6.45, 7) is 0. The maximum Gasteiger partial charge on any atom is 0.143 e. The molecule has 0 saturated heterocycles. The predicted molar refractivity (Wildman–Crippen MR) is 243 cm³/mol. The number of fused-ring (bicyclic) bond motifs is 11. The van der Waals surface area contributed by atoms with E-state index in [2.05, 4.69) is 193 Å². The van der Waals surface area contributed by atoms with Crippen molar-refractivity contribution in [3.05, 3.63) is 188 Å². The van der Waals surface area contributed by atoms with Gasteiger partial charge in [-0.1, -0.05) is 127 Å². The Morgan fingerprint density at radius 2 is 1.00 bits per heavy atom. The molecule has 3 aromatic heterocycles. The molecule has 0 aliphatic carbocycles. The first-order chi connectivity index (χ1) is 27.7. The number of furan rings is 1. The first-order valence-corrected chi connectivity index (χ1v) is 20.5. The zero-order valence-corrected chi connectivity index (χ0v) is 31.7. The lowest BCUT2D eigenvalue weighted by atomic mass is 9.98. The first kappa shape index (κ1) is 31.6. The molecule has 2 nitrogen and oxygen atoms in total. The van der Waals surface area contributed by atoms with E-state index in [1.54, 1.807) is 0 Å². The Kier molecular flexibility index (Phi) is 7.00. The lowest BCUT2D eigenvalue weighted by molar-refractivity contribution is 0.673. The van der Waals surface area contributed by atoms with E-state index in [1.807, 2.05) is 22.7 Å². The molecule has 0 amide bonds. The van der Waals surface area contributed by atoms with Gasteiger partial charge in [-0.15, -0.1) is 22.7 Å². The molecule has 0 aliphatic rings. The van der Waals surface area contributed by atoms with E-state index in [0.29, 0.717) is 0 Å². The molecule has 0 fully saturated rings. The van der Waals surface area contributed by atoms with Crippen LogP contribution in [-0.2, 0) is 0 Å². The fraction of sp³-hybridized carbons (Fsp3) is 0. The molecule has 0 aliphatic heterocycles. The molecule has 12 aromatic rings. The fourth-order valence-electron chi connectivity index (χ4n) is 8.63. The molecule has 4 heteroatoms. The van der Waals surface area contributed by atoms with E-state index in [0.717, 1.165) is 44.3 Å². The van der Waals surface area contributed by atoms with Gasteiger partial charge in [-0.3, -0.25) is 0 Å². The summed E-state index contributed by atoms with van der Waals surface area (Å²) in [5.74, 6) is 0. The van der Waals surface area contributed by atoms with Gasteiger partial charge in [0.25, 0.3) is 0 Å². The predicted octanol–water partition coefficient (Wildman–Crippen LogP) is 16.3. The minimum atomic E-state index is 0.905. The van der Waals surface area contributed by atoms with Gasteiger partial charge in [0, 0.05) is 63.2 Å². The normalized spacial score (nSPS) is 11.9. The summed E-state index contributed by atoms with van der Waals surface area (Å²) in [4.78, 5) is 2.42. The van der Waals surface area contributed by atoms with Gasteiger partial charge in [-0.05, 0) is 88.3 Å². The van der Waals surface area contributed by atoms with Gasteiger partial charge < -0.3 is 9.32 Å². The van der Waals surface area contributed by atoms with Crippen LogP contribution < -0.4 is 4.90 Å². The summed E-state index contributed by atoms with van der Waals surface area (Å²) in [5.41, 5.74) is 10.00. The van der Waals surface area contributed by atoms with E-state index in [9.17, 15) is 0 Å². The second-order valence-corrected chi connectivity index (χ2v) is 16.6. The highest BCUT2D eigenvalue weighted by Crippen LogP contribution is 2.46. The number of thiophene rings is 2. The summed E-state index contributed by atoms with van der Waals surface area (Å²) < 4.78 is 11.8. The second kappa shape index (κ2) is 12.4. The molecule has 0 atom stereocenters. The van der Waals surface area contributed by atoms with Crippen LogP contribution in [0.3, 0.4) is 0 Å². The van der Waals surface area contributed by atoms with Crippen molar-refractivity contribution < 1.29 is 4.42 Å². The van der Waals surface area contributed by atoms with E-state index in [1.165, 1.54) is 68.1 Å². The summed E-state index contributed by atoms with van der Waals surface area (Å²) in [6.07, 6.45) is 0. The van der Waals surface area contributed by atoms with Crippen molar-refractivity contribution >= 4 is 113 Å². The quantitative estimate of drug-likeness (QED) is 0.174. The van der Waals surface area contributed by atoms with Gasteiger partial charge in [0.05, 0.1) is 10.4 Å². The Morgan fingerprint density at radius 1 is 0.393 bits per heavy atom. The van der Waals surface area contributed by atoms with E-state index >= 15 is 0 Å². The Morgan fingerprint density at radius 3 is 1.80 bits per heavy atom. The van der Waals surface area contributed by atoms with Gasteiger partial charge in [0.2, 0.25) is 0 Å². The molecule has 12 rings (SSSR count). The van der Waals surface area contributed by atoms with Crippen molar-refractivity contribution in [2.24, 2.45) is 0 Å². The molecule has 0 unspecified atom stereocenters. The number of hydrogen-bond acceptors (Lipinski definition) is 4. The first-order valence-electron chi connectivity index (χ1n) is 18.9. The summed E-state index contributed by atoms with van der Waals surface area (Å²) in [7, 11) is 0. The third-order valence-electron chi connectivity index (χ3n) is 11.3.